The molecule has 3 nitrogen and oxygen atoms in total. The Bertz CT molecular complexity index is 202. The Morgan fingerprint density at radius 1 is 1.40 bits per heavy atom. The van der Waals surface area contributed by atoms with Gasteiger partial charge < -0.3 is 15.3 Å². The van der Waals surface area contributed by atoms with Crippen LogP contribution >= 0.6 is 0 Å². The van der Waals surface area contributed by atoms with Crippen LogP contribution in [0.4, 0.5) is 0 Å². The quantitative estimate of drug-likeness (QED) is 0.724. The second-order valence-electron chi connectivity index (χ2n) is 5.48. The van der Waals surface area contributed by atoms with Gasteiger partial charge in [-0.05, 0) is 45.3 Å². The van der Waals surface area contributed by atoms with E-state index >= 15 is 0 Å². The molecular formula is C12H24N2O. The van der Waals surface area contributed by atoms with Gasteiger partial charge >= 0.3 is 0 Å². The van der Waals surface area contributed by atoms with Gasteiger partial charge in [0, 0.05) is 13.1 Å². The fourth-order valence-corrected chi connectivity index (χ4v) is 2.91. The predicted octanol–water partition coefficient (Wildman–Crippen LogP) is 0.833. The van der Waals surface area contributed by atoms with E-state index in [-0.39, 0.29) is 5.60 Å². The largest absolute Gasteiger partial charge is 0.389 e. The Balaban J connectivity index is 1.62. The van der Waals surface area contributed by atoms with Crippen molar-refractivity contribution < 1.29 is 5.11 Å². The number of nitrogens with one attached hydrogen (secondary N) is 1. The van der Waals surface area contributed by atoms with Gasteiger partial charge in [0.2, 0.25) is 0 Å². The summed E-state index contributed by atoms with van der Waals surface area (Å²) in [6.07, 6.45) is 5.69. The second kappa shape index (κ2) is 4.81. The number of nitrogens with zero attached hydrogens (tertiary/aromatic N) is 1. The first-order valence-corrected chi connectivity index (χ1v) is 6.30. The number of likely N-dealkylation sites (tertiary alicyclic amines) is 1. The zero-order valence-corrected chi connectivity index (χ0v) is 9.84. The van der Waals surface area contributed by atoms with Gasteiger partial charge in [0.25, 0.3) is 0 Å². The van der Waals surface area contributed by atoms with Crippen molar-refractivity contribution in [2.45, 2.75) is 37.7 Å². The predicted molar refractivity (Wildman–Crippen MR) is 61.9 cm³/mol. The maximum atomic E-state index is 10.1. The van der Waals surface area contributed by atoms with Crippen molar-refractivity contribution in [3.63, 3.8) is 0 Å². The topological polar surface area (TPSA) is 35.5 Å². The lowest BCUT2D eigenvalue weighted by molar-refractivity contribution is 0.0470. The third-order valence-corrected chi connectivity index (χ3v) is 3.91. The van der Waals surface area contributed by atoms with E-state index in [0.717, 1.165) is 31.8 Å². The van der Waals surface area contributed by atoms with Crippen LogP contribution in [0.1, 0.15) is 32.1 Å². The van der Waals surface area contributed by atoms with E-state index in [1.807, 2.05) is 0 Å². The van der Waals surface area contributed by atoms with Crippen molar-refractivity contribution >= 4 is 0 Å². The normalized spacial score (nSPS) is 31.2. The average Bonchev–Trinajstić information content (AvgIpc) is 2.76. The smallest absolute Gasteiger partial charge is 0.0771 e. The summed E-state index contributed by atoms with van der Waals surface area (Å²) >= 11 is 0. The number of aliphatic hydroxyl groups is 1. The summed E-state index contributed by atoms with van der Waals surface area (Å²) in [5.41, 5.74) is -0.384. The van der Waals surface area contributed by atoms with Crippen LogP contribution in [-0.4, -0.2) is 48.8 Å². The Kier molecular flexibility index (Phi) is 3.65. The zero-order chi connectivity index (χ0) is 10.7. The van der Waals surface area contributed by atoms with Crippen molar-refractivity contribution in [2.75, 3.05) is 33.2 Å². The molecule has 2 fully saturated rings. The Morgan fingerprint density at radius 2 is 2.13 bits per heavy atom. The summed E-state index contributed by atoms with van der Waals surface area (Å²) in [6.45, 7) is 4.32. The van der Waals surface area contributed by atoms with Crippen LogP contribution in [-0.2, 0) is 0 Å². The summed E-state index contributed by atoms with van der Waals surface area (Å²) < 4.78 is 0. The molecule has 1 saturated carbocycles. The van der Waals surface area contributed by atoms with E-state index in [2.05, 4.69) is 17.3 Å². The van der Waals surface area contributed by atoms with Crippen LogP contribution in [0.3, 0.4) is 0 Å². The lowest BCUT2D eigenvalue weighted by Gasteiger charge is -2.23. The van der Waals surface area contributed by atoms with E-state index in [1.165, 1.54) is 32.4 Å². The van der Waals surface area contributed by atoms with Crippen molar-refractivity contribution in [3.05, 3.63) is 0 Å². The summed E-state index contributed by atoms with van der Waals surface area (Å²) in [5, 5.41) is 13.6. The SMILES string of the molecule is CN1CCC(CNCC2(O)CCCC2)C1. The molecule has 1 aliphatic heterocycles. The van der Waals surface area contributed by atoms with Crippen molar-refractivity contribution in [2.24, 2.45) is 5.92 Å². The summed E-state index contributed by atoms with van der Waals surface area (Å²) in [7, 11) is 2.19. The van der Waals surface area contributed by atoms with Gasteiger partial charge in [0.1, 0.15) is 0 Å². The van der Waals surface area contributed by atoms with Crippen LogP contribution in [0.5, 0.6) is 0 Å². The molecule has 0 bridgehead atoms. The number of rotatable bonds is 4. The van der Waals surface area contributed by atoms with E-state index in [9.17, 15) is 5.11 Å². The molecule has 0 aromatic carbocycles. The van der Waals surface area contributed by atoms with Gasteiger partial charge in [-0.2, -0.15) is 0 Å². The van der Waals surface area contributed by atoms with Crippen molar-refractivity contribution in [3.8, 4) is 0 Å². The van der Waals surface area contributed by atoms with Gasteiger partial charge in [0.05, 0.1) is 5.60 Å². The van der Waals surface area contributed by atoms with Gasteiger partial charge in [-0.1, -0.05) is 12.8 Å². The van der Waals surface area contributed by atoms with Gasteiger partial charge in [0.15, 0.2) is 0 Å². The highest BCUT2D eigenvalue weighted by Crippen LogP contribution is 2.28. The van der Waals surface area contributed by atoms with Crippen LogP contribution in [0.2, 0.25) is 0 Å². The lowest BCUT2D eigenvalue weighted by atomic mass is 10.0. The number of hydrogen-bond acceptors (Lipinski definition) is 3. The molecule has 1 saturated heterocycles. The Morgan fingerprint density at radius 3 is 2.73 bits per heavy atom. The summed E-state index contributed by atoms with van der Waals surface area (Å²) in [6, 6.07) is 0. The molecule has 0 aromatic rings. The first-order chi connectivity index (χ1) is 7.18. The molecule has 0 spiro atoms. The molecule has 0 radical (unpaired) electrons. The molecule has 2 aliphatic rings. The van der Waals surface area contributed by atoms with Crippen LogP contribution in [0.25, 0.3) is 0 Å². The Labute approximate surface area is 92.8 Å². The highest BCUT2D eigenvalue weighted by atomic mass is 16.3. The first-order valence-electron chi connectivity index (χ1n) is 6.30. The average molecular weight is 212 g/mol. The minimum atomic E-state index is -0.384. The molecule has 15 heavy (non-hydrogen) atoms. The van der Waals surface area contributed by atoms with E-state index in [0.29, 0.717) is 0 Å². The Hall–Kier alpha value is -0.120. The highest BCUT2D eigenvalue weighted by Gasteiger charge is 2.30. The summed E-state index contributed by atoms with van der Waals surface area (Å²) in [4.78, 5) is 2.39. The molecule has 1 aliphatic carbocycles. The van der Waals surface area contributed by atoms with Crippen molar-refractivity contribution in [1.82, 2.24) is 10.2 Å². The lowest BCUT2D eigenvalue weighted by Crippen LogP contribution is -2.40. The van der Waals surface area contributed by atoms with E-state index in [1.54, 1.807) is 0 Å². The van der Waals surface area contributed by atoms with Crippen molar-refractivity contribution in [1.29, 1.82) is 0 Å². The number of hydrogen-bond donors (Lipinski definition) is 2. The van der Waals surface area contributed by atoms with Gasteiger partial charge in [-0.15, -0.1) is 0 Å². The van der Waals surface area contributed by atoms with E-state index in [4.69, 9.17) is 0 Å². The first kappa shape index (κ1) is 11.4. The minimum Gasteiger partial charge on any atom is -0.389 e. The third kappa shape index (κ3) is 3.16. The maximum absolute atomic E-state index is 10.1. The minimum absolute atomic E-state index is 0.384. The van der Waals surface area contributed by atoms with Gasteiger partial charge in [-0.25, -0.2) is 0 Å². The molecule has 88 valence electrons. The molecule has 0 amide bonds. The maximum Gasteiger partial charge on any atom is 0.0771 e. The van der Waals surface area contributed by atoms with Crippen LogP contribution in [0, 0.1) is 5.92 Å². The monoisotopic (exact) mass is 212 g/mol. The fraction of sp³-hybridized carbons (Fsp3) is 1.00. The fourth-order valence-electron chi connectivity index (χ4n) is 2.91. The van der Waals surface area contributed by atoms with Crippen LogP contribution < -0.4 is 5.32 Å². The second-order valence-corrected chi connectivity index (χ2v) is 5.48. The van der Waals surface area contributed by atoms with Crippen LogP contribution in [0.15, 0.2) is 0 Å². The molecule has 1 heterocycles. The molecule has 3 heteroatoms. The zero-order valence-electron chi connectivity index (χ0n) is 9.84. The molecular weight excluding hydrogens is 188 g/mol. The standard InChI is InChI=1S/C12H24N2O/c1-14-7-4-11(9-14)8-13-10-12(15)5-2-3-6-12/h11,13,15H,2-10H2,1H3. The van der Waals surface area contributed by atoms with Gasteiger partial charge in [-0.3, -0.25) is 0 Å². The third-order valence-electron chi connectivity index (χ3n) is 3.91. The molecule has 2 N–H and O–H groups in total. The molecule has 2 rings (SSSR count). The summed E-state index contributed by atoms with van der Waals surface area (Å²) in [5.74, 6) is 0.792. The molecule has 0 aromatic heterocycles. The highest BCUT2D eigenvalue weighted by molar-refractivity contribution is 4.87. The van der Waals surface area contributed by atoms with E-state index < -0.39 is 0 Å². The molecule has 1 atom stereocenters. The molecule has 1 unspecified atom stereocenters.